The Morgan fingerprint density at radius 3 is 2.59 bits per heavy atom. The van der Waals surface area contributed by atoms with E-state index in [1.54, 1.807) is 4.68 Å². The molecule has 2 aromatic heterocycles. The van der Waals surface area contributed by atoms with Crippen molar-refractivity contribution in [1.29, 1.82) is 0 Å². The third-order valence-corrected chi connectivity index (χ3v) is 3.41. The van der Waals surface area contributed by atoms with E-state index in [0.717, 1.165) is 5.56 Å². The molecule has 0 fully saturated rings. The molecule has 0 unspecified atom stereocenters. The smallest absolute Gasteiger partial charge is 0.301 e. The zero-order valence-electron chi connectivity index (χ0n) is 12.7. The monoisotopic (exact) mass is 299 g/mol. The largest absolute Gasteiger partial charge is 0.468 e. The van der Waals surface area contributed by atoms with Gasteiger partial charge in [-0.2, -0.15) is 4.98 Å². The van der Waals surface area contributed by atoms with Gasteiger partial charge < -0.3 is 4.74 Å². The Kier molecular flexibility index (Phi) is 3.62. The Bertz CT molecular complexity index is 851. The van der Waals surface area contributed by atoms with Gasteiger partial charge in [-0.3, -0.25) is 9.36 Å². The molecule has 0 N–H and O–H groups in total. The van der Waals surface area contributed by atoms with Crippen molar-refractivity contribution < 1.29 is 4.74 Å². The van der Waals surface area contributed by atoms with Crippen molar-refractivity contribution in [2.75, 3.05) is 7.11 Å². The van der Waals surface area contributed by atoms with Crippen LogP contribution in [-0.4, -0.2) is 31.7 Å². The molecule has 7 nitrogen and oxygen atoms in total. The maximum atomic E-state index is 12.5. The van der Waals surface area contributed by atoms with Crippen LogP contribution in [0.4, 0.5) is 0 Å². The number of hydrogen-bond acceptors (Lipinski definition) is 5. The van der Waals surface area contributed by atoms with Gasteiger partial charge in [-0.15, -0.1) is 5.10 Å². The number of methoxy groups -OCH3 is 1. The highest BCUT2D eigenvalue weighted by atomic mass is 16.5. The zero-order chi connectivity index (χ0) is 15.7. The lowest BCUT2D eigenvalue weighted by molar-refractivity contribution is 0.336. The molecule has 0 bridgehead atoms. The number of rotatable bonds is 4. The standard InChI is InChI=1S/C15H17N5O2/c1-10(2)20-14(21)12-13(16-15(20)22-3)19(18-17-12)9-11-7-5-4-6-8-11/h4-8,10H,9H2,1-3H3. The van der Waals surface area contributed by atoms with Crippen LogP contribution in [0.25, 0.3) is 11.2 Å². The predicted molar refractivity (Wildman–Crippen MR) is 82.1 cm³/mol. The number of hydrogen-bond donors (Lipinski definition) is 0. The summed E-state index contributed by atoms with van der Waals surface area (Å²) in [5.74, 6) is 0. The fourth-order valence-corrected chi connectivity index (χ4v) is 2.36. The van der Waals surface area contributed by atoms with Gasteiger partial charge in [0.1, 0.15) is 0 Å². The fraction of sp³-hybridized carbons (Fsp3) is 0.333. The highest BCUT2D eigenvalue weighted by Gasteiger charge is 2.18. The van der Waals surface area contributed by atoms with E-state index in [-0.39, 0.29) is 23.1 Å². The lowest BCUT2D eigenvalue weighted by Crippen LogP contribution is -2.25. The first-order chi connectivity index (χ1) is 10.6. The quantitative estimate of drug-likeness (QED) is 0.732. The van der Waals surface area contributed by atoms with E-state index >= 15 is 0 Å². The maximum Gasteiger partial charge on any atom is 0.301 e. The van der Waals surface area contributed by atoms with Gasteiger partial charge >= 0.3 is 6.01 Å². The molecular formula is C15H17N5O2. The van der Waals surface area contributed by atoms with E-state index in [2.05, 4.69) is 15.3 Å². The third-order valence-electron chi connectivity index (χ3n) is 3.41. The lowest BCUT2D eigenvalue weighted by atomic mass is 10.2. The topological polar surface area (TPSA) is 74.8 Å². The lowest BCUT2D eigenvalue weighted by Gasteiger charge is -2.13. The van der Waals surface area contributed by atoms with Crippen molar-refractivity contribution in [3.63, 3.8) is 0 Å². The van der Waals surface area contributed by atoms with Gasteiger partial charge in [0.05, 0.1) is 13.7 Å². The first-order valence-corrected chi connectivity index (χ1v) is 7.05. The normalized spacial score (nSPS) is 11.3. The predicted octanol–water partition coefficient (Wildman–Crippen LogP) is 1.63. The minimum atomic E-state index is -0.240. The Labute approximate surface area is 127 Å². The van der Waals surface area contributed by atoms with Crippen molar-refractivity contribution in [2.24, 2.45) is 0 Å². The Morgan fingerprint density at radius 1 is 1.23 bits per heavy atom. The number of fused-ring (bicyclic) bond motifs is 1. The van der Waals surface area contributed by atoms with Crippen LogP contribution in [0.1, 0.15) is 25.5 Å². The summed E-state index contributed by atoms with van der Waals surface area (Å²) in [5.41, 5.74) is 1.51. The second-order valence-corrected chi connectivity index (χ2v) is 5.27. The van der Waals surface area contributed by atoms with Crippen LogP contribution in [-0.2, 0) is 6.54 Å². The molecule has 1 aromatic carbocycles. The minimum absolute atomic E-state index is 0.0707. The van der Waals surface area contributed by atoms with Gasteiger partial charge in [-0.1, -0.05) is 35.5 Å². The molecule has 7 heteroatoms. The van der Waals surface area contributed by atoms with Crippen LogP contribution >= 0.6 is 0 Å². The number of nitrogens with zero attached hydrogens (tertiary/aromatic N) is 5. The van der Waals surface area contributed by atoms with Gasteiger partial charge in [0.2, 0.25) is 0 Å². The molecular weight excluding hydrogens is 282 g/mol. The molecule has 0 amide bonds. The van der Waals surface area contributed by atoms with Gasteiger partial charge in [-0.25, -0.2) is 4.68 Å². The third kappa shape index (κ3) is 2.34. The van der Waals surface area contributed by atoms with E-state index in [4.69, 9.17) is 4.74 Å². The van der Waals surface area contributed by atoms with E-state index < -0.39 is 0 Å². The second-order valence-electron chi connectivity index (χ2n) is 5.27. The molecule has 0 saturated heterocycles. The van der Waals surface area contributed by atoms with Gasteiger partial charge in [-0.05, 0) is 19.4 Å². The molecule has 3 rings (SSSR count). The molecule has 3 aromatic rings. The van der Waals surface area contributed by atoms with Crippen LogP contribution < -0.4 is 10.3 Å². The van der Waals surface area contributed by atoms with E-state index in [1.807, 2.05) is 44.2 Å². The van der Waals surface area contributed by atoms with Gasteiger partial charge in [0.25, 0.3) is 5.56 Å². The first-order valence-electron chi connectivity index (χ1n) is 7.05. The Morgan fingerprint density at radius 2 is 1.95 bits per heavy atom. The molecule has 0 saturated carbocycles. The van der Waals surface area contributed by atoms with Crippen molar-refractivity contribution in [3.8, 4) is 6.01 Å². The highest BCUT2D eigenvalue weighted by Crippen LogP contribution is 2.16. The maximum absolute atomic E-state index is 12.5. The molecule has 0 spiro atoms. The SMILES string of the molecule is COc1nc2c(nnn2Cc2ccccc2)c(=O)n1C(C)C. The van der Waals surface area contributed by atoms with Crippen LogP contribution in [0.5, 0.6) is 6.01 Å². The molecule has 0 radical (unpaired) electrons. The fourth-order valence-electron chi connectivity index (χ4n) is 2.36. The molecule has 0 atom stereocenters. The molecule has 0 aliphatic rings. The van der Waals surface area contributed by atoms with Crippen molar-refractivity contribution in [2.45, 2.75) is 26.4 Å². The van der Waals surface area contributed by atoms with E-state index in [0.29, 0.717) is 12.2 Å². The molecule has 0 aliphatic heterocycles. The average molecular weight is 299 g/mol. The first kappa shape index (κ1) is 14.2. The average Bonchev–Trinajstić information content (AvgIpc) is 2.91. The number of benzene rings is 1. The highest BCUT2D eigenvalue weighted by molar-refractivity contribution is 5.68. The summed E-state index contributed by atoms with van der Waals surface area (Å²) in [6.07, 6.45) is 0. The summed E-state index contributed by atoms with van der Waals surface area (Å²) in [6.45, 7) is 4.29. The van der Waals surface area contributed by atoms with Crippen LogP contribution in [0.15, 0.2) is 35.1 Å². The minimum Gasteiger partial charge on any atom is -0.468 e. The summed E-state index contributed by atoms with van der Waals surface area (Å²) in [7, 11) is 1.50. The van der Waals surface area contributed by atoms with Gasteiger partial charge in [0, 0.05) is 6.04 Å². The molecule has 0 aliphatic carbocycles. The van der Waals surface area contributed by atoms with Crippen molar-refractivity contribution >= 4 is 11.2 Å². The summed E-state index contributed by atoms with van der Waals surface area (Å²) in [4.78, 5) is 17.0. The summed E-state index contributed by atoms with van der Waals surface area (Å²) in [6, 6.07) is 10.0. The summed E-state index contributed by atoms with van der Waals surface area (Å²) >= 11 is 0. The molecule has 114 valence electrons. The van der Waals surface area contributed by atoms with E-state index in [1.165, 1.54) is 11.7 Å². The van der Waals surface area contributed by atoms with Crippen molar-refractivity contribution in [1.82, 2.24) is 24.5 Å². The van der Waals surface area contributed by atoms with Crippen LogP contribution in [0, 0.1) is 0 Å². The summed E-state index contributed by atoms with van der Waals surface area (Å²) < 4.78 is 8.34. The van der Waals surface area contributed by atoms with E-state index in [9.17, 15) is 4.79 Å². The molecule has 22 heavy (non-hydrogen) atoms. The van der Waals surface area contributed by atoms with Crippen LogP contribution in [0.2, 0.25) is 0 Å². The van der Waals surface area contributed by atoms with Crippen molar-refractivity contribution in [3.05, 3.63) is 46.2 Å². The number of ether oxygens (including phenoxy) is 1. The zero-order valence-corrected chi connectivity index (χ0v) is 12.7. The van der Waals surface area contributed by atoms with Gasteiger partial charge in [0.15, 0.2) is 11.2 Å². The summed E-state index contributed by atoms with van der Waals surface area (Å²) in [5, 5.41) is 8.06. The Balaban J connectivity index is 2.15. The molecule has 2 heterocycles. The number of aromatic nitrogens is 5. The Hall–Kier alpha value is -2.70. The second kappa shape index (κ2) is 5.59. The van der Waals surface area contributed by atoms with Crippen LogP contribution in [0.3, 0.4) is 0 Å².